The van der Waals surface area contributed by atoms with Crippen molar-refractivity contribution in [2.24, 2.45) is 0 Å². The monoisotopic (exact) mass is 702 g/mol. The van der Waals surface area contributed by atoms with Gasteiger partial charge in [0.1, 0.15) is 11.2 Å². The predicted octanol–water partition coefficient (Wildman–Crippen LogP) is 15.6. The smallest absolute Gasteiger partial charge is 0.136 e. The summed E-state index contributed by atoms with van der Waals surface area (Å²) in [6, 6.07) is 66.8. The van der Waals surface area contributed by atoms with Gasteiger partial charge in [-0.25, -0.2) is 0 Å². The second-order valence-electron chi connectivity index (χ2n) is 14.4. The minimum atomic E-state index is 0.942. The summed E-state index contributed by atoms with van der Waals surface area (Å²) >= 11 is 1.86. The number of benzene rings is 10. The molecule has 1 nitrogen and oxygen atoms in total. The van der Waals surface area contributed by atoms with Gasteiger partial charge < -0.3 is 4.42 Å². The van der Waals surface area contributed by atoms with Crippen molar-refractivity contribution in [2.45, 2.75) is 0 Å². The third kappa shape index (κ3) is 4.32. The molecule has 0 spiro atoms. The molecule has 12 aromatic rings. The fraction of sp³-hybridized carbons (Fsp3) is 0. The van der Waals surface area contributed by atoms with Crippen molar-refractivity contribution in [2.75, 3.05) is 0 Å². The molecule has 250 valence electrons. The molecule has 0 aliphatic heterocycles. The Hall–Kier alpha value is -6.74. The molecular weight excluding hydrogens is 673 g/mol. The molecule has 0 bridgehead atoms. The van der Waals surface area contributed by atoms with Gasteiger partial charge in [-0.1, -0.05) is 158 Å². The molecule has 2 heterocycles. The molecule has 54 heavy (non-hydrogen) atoms. The van der Waals surface area contributed by atoms with Gasteiger partial charge in [0.2, 0.25) is 0 Å². The molecule has 0 aliphatic carbocycles. The number of thiophene rings is 1. The summed E-state index contributed by atoms with van der Waals surface area (Å²) in [5.74, 6) is 0. The zero-order chi connectivity index (χ0) is 35.3. The zero-order valence-corrected chi connectivity index (χ0v) is 30.0. The third-order valence-corrected chi connectivity index (χ3v) is 12.7. The van der Waals surface area contributed by atoms with Crippen LogP contribution < -0.4 is 0 Å². The standard InChI is InChI=1S/C52H30OS/c1-2-12-36-32(10-1)11-9-18-39(36)51-42-16-5-3-14-40(42)50(41-15-4-6-17-43(41)51)33-22-20-31(21-23-33)34-24-26-37-35(28-34)25-27-44-46-29-45-38-13-7-8-19-47(38)53-48(45)30-49(46)54-52(37)44/h1-30H. The molecule has 0 fully saturated rings. The van der Waals surface area contributed by atoms with Crippen LogP contribution in [-0.2, 0) is 0 Å². The minimum absolute atomic E-state index is 0.942. The van der Waals surface area contributed by atoms with Crippen LogP contribution in [0.2, 0.25) is 0 Å². The van der Waals surface area contributed by atoms with E-state index in [1.165, 1.54) is 107 Å². The highest BCUT2D eigenvalue weighted by Gasteiger charge is 2.18. The molecule has 0 amide bonds. The Morgan fingerprint density at radius 2 is 0.926 bits per heavy atom. The quantitative estimate of drug-likeness (QED) is 0.167. The molecule has 0 saturated carbocycles. The Labute approximate surface area is 314 Å². The lowest BCUT2D eigenvalue weighted by molar-refractivity contribution is 0.669. The first-order chi connectivity index (χ1) is 26.8. The minimum Gasteiger partial charge on any atom is -0.456 e. The van der Waals surface area contributed by atoms with E-state index in [1.54, 1.807) is 0 Å². The predicted molar refractivity (Wildman–Crippen MR) is 233 cm³/mol. The van der Waals surface area contributed by atoms with E-state index in [9.17, 15) is 0 Å². The van der Waals surface area contributed by atoms with Gasteiger partial charge in [-0.15, -0.1) is 11.3 Å². The molecule has 0 aliphatic rings. The average molecular weight is 703 g/mol. The maximum absolute atomic E-state index is 6.23. The number of para-hydroxylation sites is 1. The highest BCUT2D eigenvalue weighted by atomic mass is 32.1. The lowest BCUT2D eigenvalue weighted by Gasteiger charge is -2.19. The van der Waals surface area contributed by atoms with Gasteiger partial charge in [0.05, 0.1) is 0 Å². The van der Waals surface area contributed by atoms with Gasteiger partial charge in [0.15, 0.2) is 0 Å². The summed E-state index contributed by atoms with van der Waals surface area (Å²) in [6.45, 7) is 0. The maximum Gasteiger partial charge on any atom is 0.136 e. The van der Waals surface area contributed by atoms with E-state index in [-0.39, 0.29) is 0 Å². The lowest BCUT2D eigenvalue weighted by atomic mass is 9.84. The van der Waals surface area contributed by atoms with Crippen LogP contribution in [0.1, 0.15) is 0 Å². The van der Waals surface area contributed by atoms with Gasteiger partial charge >= 0.3 is 0 Å². The van der Waals surface area contributed by atoms with Gasteiger partial charge in [0, 0.05) is 30.9 Å². The number of hydrogen-bond donors (Lipinski definition) is 0. The van der Waals surface area contributed by atoms with Crippen LogP contribution in [0.5, 0.6) is 0 Å². The van der Waals surface area contributed by atoms with Crippen LogP contribution in [0, 0.1) is 0 Å². The first-order valence-corrected chi connectivity index (χ1v) is 19.3. The van der Waals surface area contributed by atoms with Crippen molar-refractivity contribution in [1.82, 2.24) is 0 Å². The van der Waals surface area contributed by atoms with Crippen LogP contribution in [0.3, 0.4) is 0 Å². The molecule has 10 aromatic carbocycles. The molecule has 0 saturated heterocycles. The summed E-state index contributed by atoms with van der Waals surface area (Å²) < 4.78 is 8.82. The normalized spacial score (nSPS) is 12.1. The molecule has 0 N–H and O–H groups in total. The van der Waals surface area contributed by atoms with E-state index in [4.69, 9.17) is 4.42 Å². The van der Waals surface area contributed by atoms with Crippen LogP contribution in [0.4, 0.5) is 0 Å². The SMILES string of the molecule is c1ccc2c(-c3c4ccccc4c(-c4ccc(-c5ccc6c(ccc7c8cc9c(cc8sc67)oc6ccccc69)c5)cc4)c4ccccc34)cccc2c1. The van der Waals surface area contributed by atoms with Crippen molar-refractivity contribution in [1.29, 1.82) is 0 Å². The van der Waals surface area contributed by atoms with E-state index < -0.39 is 0 Å². The summed E-state index contributed by atoms with van der Waals surface area (Å²) in [6.07, 6.45) is 0. The molecule has 0 radical (unpaired) electrons. The first-order valence-electron chi connectivity index (χ1n) is 18.5. The van der Waals surface area contributed by atoms with Crippen molar-refractivity contribution in [3.8, 4) is 33.4 Å². The van der Waals surface area contributed by atoms with E-state index in [2.05, 4.69) is 176 Å². The van der Waals surface area contributed by atoms with Gasteiger partial charge in [-0.3, -0.25) is 0 Å². The van der Waals surface area contributed by atoms with E-state index in [0.717, 1.165) is 11.2 Å². The highest BCUT2D eigenvalue weighted by molar-refractivity contribution is 7.26. The van der Waals surface area contributed by atoms with Crippen molar-refractivity contribution < 1.29 is 4.42 Å². The number of furan rings is 1. The van der Waals surface area contributed by atoms with Crippen molar-refractivity contribution >= 4 is 96.5 Å². The number of hydrogen-bond acceptors (Lipinski definition) is 2. The van der Waals surface area contributed by atoms with Crippen molar-refractivity contribution in [3.05, 3.63) is 182 Å². The third-order valence-electron chi connectivity index (χ3n) is 11.4. The Bertz CT molecular complexity index is 3430. The maximum atomic E-state index is 6.23. The van der Waals surface area contributed by atoms with E-state index in [1.807, 2.05) is 17.4 Å². The second kappa shape index (κ2) is 11.4. The summed E-state index contributed by atoms with van der Waals surface area (Å²) in [7, 11) is 0. The highest BCUT2D eigenvalue weighted by Crippen LogP contribution is 2.46. The summed E-state index contributed by atoms with van der Waals surface area (Å²) in [5, 5.41) is 15.1. The van der Waals surface area contributed by atoms with Crippen molar-refractivity contribution in [3.63, 3.8) is 0 Å². The fourth-order valence-electron chi connectivity index (χ4n) is 8.96. The summed E-state index contributed by atoms with van der Waals surface area (Å²) in [4.78, 5) is 0. The first kappa shape index (κ1) is 29.8. The Balaban J connectivity index is 0.974. The number of fused-ring (bicyclic) bond motifs is 11. The van der Waals surface area contributed by atoms with E-state index in [0.29, 0.717) is 0 Å². The Morgan fingerprint density at radius 3 is 1.70 bits per heavy atom. The largest absolute Gasteiger partial charge is 0.456 e. The van der Waals surface area contributed by atoms with Crippen LogP contribution >= 0.6 is 11.3 Å². The van der Waals surface area contributed by atoms with Gasteiger partial charge in [-0.2, -0.15) is 0 Å². The van der Waals surface area contributed by atoms with Gasteiger partial charge in [0.25, 0.3) is 0 Å². The van der Waals surface area contributed by atoms with Crippen LogP contribution in [0.15, 0.2) is 186 Å². The number of rotatable bonds is 3. The average Bonchev–Trinajstić information content (AvgIpc) is 3.79. The molecule has 2 aromatic heterocycles. The summed E-state index contributed by atoms with van der Waals surface area (Å²) in [5.41, 5.74) is 9.40. The molecule has 0 atom stereocenters. The lowest BCUT2D eigenvalue weighted by Crippen LogP contribution is -1.91. The molecule has 12 rings (SSSR count). The molecular formula is C52H30OS. The Morgan fingerprint density at radius 1 is 0.315 bits per heavy atom. The molecule has 0 unspecified atom stereocenters. The van der Waals surface area contributed by atoms with Gasteiger partial charge in [-0.05, 0) is 101 Å². The second-order valence-corrected chi connectivity index (χ2v) is 15.4. The Kier molecular flexibility index (Phi) is 6.28. The van der Waals surface area contributed by atoms with E-state index >= 15 is 0 Å². The zero-order valence-electron chi connectivity index (χ0n) is 29.1. The fourth-order valence-corrected chi connectivity index (χ4v) is 10.2. The van der Waals surface area contributed by atoms with Crippen LogP contribution in [-0.4, -0.2) is 0 Å². The topological polar surface area (TPSA) is 13.1 Å². The van der Waals surface area contributed by atoms with Crippen LogP contribution in [0.25, 0.3) is 119 Å². The molecule has 2 heteroatoms.